The van der Waals surface area contributed by atoms with Gasteiger partial charge in [0.2, 0.25) is 0 Å². The zero-order valence-corrected chi connectivity index (χ0v) is 17.0. The average Bonchev–Trinajstić information content (AvgIpc) is 2.58. The van der Waals surface area contributed by atoms with Crippen LogP contribution in [0.5, 0.6) is 5.75 Å². The maximum Gasteiger partial charge on any atom is 0.125 e. The number of para-hydroxylation sites is 1. The summed E-state index contributed by atoms with van der Waals surface area (Å²) >= 11 is 0. The fourth-order valence-corrected chi connectivity index (χ4v) is 4.49. The molecule has 0 N–H and O–H groups in total. The lowest BCUT2D eigenvalue weighted by molar-refractivity contribution is -0.0732. The highest BCUT2D eigenvalue weighted by atomic mass is 16.5. The Kier molecular flexibility index (Phi) is 6.96. The monoisotopic (exact) mass is 360 g/mol. The third-order valence-corrected chi connectivity index (χ3v) is 5.78. The Morgan fingerprint density at radius 2 is 1.62 bits per heavy atom. The van der Waals surface area contributed by atoms with E-state index in [4.69, 9.17) is 9.47 Å². The molecule has 26 heavy (non-hydrogen) atoms. The van der Waals surface area contributed by atoms with Gasteiger partial charge in [-0.3, -0.25) is 9.80 Å². The van der Waals surface area contributed by atoms with Crippen LogP contribution in [-0.4, -0.2) is 67.9 Å². The molecule has 0 aliphatic carbocycles. The number of benzene rings is 1. The van der Waals surface area contributed by atoms with Crippen molar-refractivity contribution in [2.75, 3.05) is 45.9 Å². The van der Waals surface area contributed by atoms with Gasteiger partial charge in [-0.2, -0.15) is 0 Å². The Balaban J connectivity index is 1.36. The summed E-state index contributed by atoms with van der Waals surface area (Å²) in [5.41, 5.74) is 2.47. The number of ether oxygens (including phenoxy) is 2. The molecular formula is C22H36N2O2. The molecule has 2 heterocycles. The van der Waals surface area contributed by atoms with Crippen LogP contribution >= 0.6 is 0 Å². The molecule has 0 bridgehead atoms. The largest absolute Gasteiger partial charge is 0.492 e. The normalized spacial score (nSPS) is 26.2. The van der Waals surface area contributed by atoms with Gasteiger partial charge in [-0.15, -0.1) is 0 Å². The van der Waals surface area contributed by atoms with E-state index in [9.17, 15) is 0 Å². The van der Waals surface area contributed by atoms with Crippen LogP contribution in [0.3, 0.4) is 0 Å². The van der Waals surface area contributed by atoms with E-state index in [0.29, 0.717) is 12.2 Å². The van der Waals surface area contributed by atoms with Crippen molar-refractivity contribution in [2.45, 2.75) is 52.7 Å². The van der Waals surface area contributed by atoms with E-state index in [1.54, 1.807) is 0 Å². The standard InChI is InChI=1S/C22H36N2O2/c1-17-6-5-7-18(2)22(17)25-13-12-23-10-8-21(9-11-23)16-24-14-19(3)26-20(4)15-24/h5-7,19-21H,8-16H2,1-4H3. The maximum absolute atomic E-state index is 6.08. The van der Waals surface area contributed by atoms with Gasteiger partial charge in [0.25, 0.3) is 0 Å². The van der Waals surface area contributed by atoms with Crippen LogP contribution in [0.4, 0.5) is 0 Å². The van der Waals surface area contributed by atoms with E-state index < -0.39 is 0 Å². The minimum Gasteiger partial charge on any atom is -0.492 e. The number of hydrogen-bond acceptors (Lipinski definition) is 4. The second kappa shape index (κ2) is 9.20. The highest BCUT2D eigenvalue weighted by molar-refractivity contribution is 5.39. The van der Waals surface area contributed by atoms with Crippen LogP contribution in [0.2, 0.25) is 0 Å². The number of hydrogen-bond donors (Lipinski definition) is 0. The fourth-order valence-electron chi connectivity index (χ4n) is 4.49. The lowest BCUT2D eigenvalue weighted by Crippen LogP contribution is -2.48. The van der Waals surface area contributed by atoms with Gasteiger partial charge < -0.3 is 9.47 Å². The minimum absolute atomic E-state index is 0.376. The number of nitrogens with zero attached hydrogens (tertiary/aromatic N) is 2. The van der Waals surface area contributed by atoms with Crippen LogP contribution < -0.4 is 4.74 Å². The molecule has 0 spiro atoms. The van der Waals surface area contributed by atoms with Gasteiger partial charge in [-0.1, -0.05) is 18.2 Å². The predicted octanol–water partition coefficient (Wildman–Crippen LogP) is 3.50. The van der Waals surface area contributed by atoms with Crippen LogP contribution in [0.1, 0.15) is 37.8 Å². The number of likely N-dealkylation sites (tertiary alicyclic amines) is 1. The third kappa shape index (κ3) is 5.45. The molecule has 2 fully saturated rings. The summed E-state index contributed by atoms with van der Waals surface area (Å²) in [5, 5.41) is 0. The lowest BCUT2D eigenvalue weighted by atomic mass is 9.95. The molecule has 0 amide bonds. The summed E-state index contributed by atoms with van der Waals surface area (Å²) in [7, 11) is 0. The Labute approximate surface area is 159 Å². The summed E-state index contributed by atoms with van der Waals surface area (Å²) in [6.45, 7) is 16.3. The molecule has 2 saturated heterocycles. The van der Waals surface area contributed by atoms with Crippen molar-refractivity contribution in [1.29, 1.82) is 0 Å². The van der Waals surface area contributed by atoms with Crippen LogP contribution in [0.25, 0.3) is 0 Å². The van der Waals surface area contributed by atoms with Crippen LogP contribution in [0.15, 0.2) is 18.2 Å². The molecule has 1 aromatic carbocycles. The van der Waals surface area contributed by atoms with E-state index in [2.05, 4.69) is 55.7 Å². The van der Waals surface area contributed by atoms with Crippen LogP contribution in [0, 0.1) is 19.8 Å². The van der Waals surface area contributed by atoms with Crippen molar-refractivity contribution in [3.8, 4) is 5.75 Å². The number of piperidine rings is 1. The van der Waals surface area contributed by atoms with Crippen molar-refractivity contribution in [1.82, 2.24) is 9.80 Å². The van der Waals surface area contributed by atoms with Gasteiger partial charge in [-0.05, 0) is 70.7 Å². The molecular weight excluding hydrogens is 324 g/mol. The van der Waals surface area contributed by atoms with Gasteiger partial charge in [0.1, 0.15) is 12.4 Å². The summed E-state index contributed by atoms with van der Waals surface area (Å²) in [4.78, 5) is 5.18. The average molecular weight is 361 g/mol. The first-order chi connectivity index (χ1) is 12.5. The highest BCUT2D eigenvalue weighted by Crippen LogP contribution is 2.23. The van der Waals surface area contributed by atoms with Gasteiger partial charge in [0.05, 0.1) is 12.2 Å². The molecule has 2 aliphatic rings. The van der Waals surface area contributed by atoms with Crippen molar-refractivity contribution in [3.05, 3.63) is 29.3 Å². The second-order valence-electron chi connectivity index (χ2n) is 8.33. The zero-order valence-electron chi connectivity index (χ0n) is 17.0. The van der Waals surface area contributed by atoms with E-state index in [1.165, 1.54) is 43.6 Å². The number of rotatable bonds is 6. The first kappa shape index (κ1) is 19.7. The van der Waals surface area contributed by atoms with Gasteiger partial charge in [0, 0.05) is 26.2 Å². The Morgan fingerprint density at radius 1 is 1.00 bits per heavy atom. The second-order valence-corrected chi connectivity index (χ2v) is 8.33. The molecule has 4 nitrogen and oxygen atoms in total. The van der Waals surface area contributed by atoms with E-state index in [1.807, 2.05) is 0 Å². The van der Waals surface area contributed by atoms with E-state index >= 15 is 0 Å². The van der Waals surface area contributed by atoms with Crippen molar-refractivity contribution >= 4 is 0 Å². The van der Waals surface area contributed by atoms with Gasteiger partial charge >= 0.3 is 0 Å². The Morgan fingerprint density at radius 3 is 2.23 bits per heavy atom. The molecule has 2 atom stereocenters. The third-order valence-electron chi connectivity index (χ3n) is 5.78. The summed E-state index contributed by atoms with van der Waals surface area (Å²) < 4.78 is 11.9. The maximum atomic E-state index is 6.08. The number of aryl methyl sites for hydroxylation is 2. The van der Waals surface area contributed by atoms with Gasteiger partial charge in [-0.25, -0.2) is 0 Å². The Bertz CT molecular complexity index is 539. The Hall–Kier alpha value is -1.10. The topological polar surface area (TPSA) is 24.9 Å². The molecule has 0 saturated carbocycles. The quantitative estimate of drug-likeness (QED) is 0.775. The molecule has 2 aliphatic heterocycles. The molecule has 2 unspecified atom stereocenters. The van der Waals surface area contributed by atoms with Crippen molar-refractivity contribution in [3.63, 3.8) is 0 Å². The smallest absolute Gasteiger partial charge is 0.125 e. The molecule has 0 aromatic heterocycles. The van der Waals surface area contributed by atoms with Crippen molar-refractivity contribution in [2.24, 2.45) is 5.92 Å². The molecule has 4 heteroatoms. The number of morpholine rings is 1. The first-order valence-corrected chi connectivity index (χ1v) is 10.3. The first-order valence-electron chi connectivity index (χ1n) is 10.3. The highest BCUT2D eigenvalue weighted by Gasteiger charge is 2.26. The molecule has 3 rings (SSSR count). The van der Waals surface area contributed by atoms with Crippen molar-refractivity contribution < 1.29 is 9.47 Å². The van der Waals surface area contributed by atoms with Crippen LogP contribution in [-0.2, 0) is 4.74 Å². The minimum atomic E-state index is 0.376. The predicted molar refractivity (Wildman–Crippen MR) is 107 cm³/mol. The SMILES string of the molecule is Cc1cccc(C)c1OCCN1CCC(CN2CC(C)OC(C)C2)CC1. The fraction of sp³-hybridized carbons (Fsp3) is 0.727. The molecule has 0 radical (unpaired) electrons. The summed E-state index contributed by atoms with van der Waals surface area (Å²) in [5.74, 6) is 1.90. The van der Waals surface area contributed by atoms with E-state index in [0.717, 1.165) is 37.9 Å². The lowest BCUT2D eigenvalue weighted by Gasteiger charge is -2.39. The zero-order chi connectivity index (χ0) is 18.5. The molecule has 1 aromatic rings. The molecule has 146 valence electrons. The summed E-state index contributed by atoms with van der Waals surface area (Å²) in [6.07, 6.45) is 3.37. The summed E-state index contributed by atoms with van der Waals surface area (Å²) in [6, 6.07) is 6.35. The van der Waals surface area contributed by atoms with Gasteiger partial charge in [0.15, 0.2) is 0 Å². The van der Waals surface area contributed by atoms with E-state index in [-0.39, 0.29) is 0 Å².